The van der Waals surface area contributed by atoms with Gasteiger partial charge in [0.25, 0.3) is 0 Å². The van der Waals surface area contributed by atoms with Crippen LogP contribution in [0.4, 0.5) is 0 Å². The SMILES string of the molecule is CCCNC1CCCC1CCOC1CCCCC1. The Hall–Kier alpha value is -0.0800. The summed E-state index contributed by atoms with van der Waals surface area (Å²) in [6.07, 6.45) is 14.1. The molecule has 2 atom stereocenters. The second kappa shape index (κ2) is 8.16. The van der Waals surface area contributed by atoms with E-state index in [2.05, 4.69) is 12.2 Å². The van der Waals surface area contributed by atoms with Crippen molar-refractivity contribution in [3.8, 4) is 0 Å². The summed E-state index contributed by atoms with van der Waals surface area (Å²) < 4.78 is 6.07. The summed E-state index contributed by atoms with van der Waals surface area (Å²) >= 11 is 0. The summed E-state index contributed by atoms with van der Waals surface area (Å²) in [4.78, 5) is 0. The fourth-order valence-electron chi connectivity index (χ4n) is 3.60. The molecule has 0 aromatic rings. The van der Waals surface area contributed by atoms with Crippen LogP contribution in [0.2, 0.25) is 0 Å². The van der Waals surface area contributed by atoms with E-state index in [9.17, 15) is 0 Å². The fraction of sp³-hybridized carbons (Fsp3) is 1.00. The van der Waals surface area contributed by atoms with Crippen LogP contribution in [-0.4, -0.2) is 25.3 Å². The van der Waals surface area contributed by atoms with E-state index in [1.165, 1.54) is 70.8 Å². The summed E-state index contributed by atoms with van der Waals surface area (Å²) in [5, 5.41) is 3.71. The minimum atomic E-state index is 0.585. The van der Waals surface area contributed by atoms with E-state index in [-0.39, 0.29) is 0 Å². The zero-order chi connectivity index (χ0) is 12.6. The van der Waals surface area contributed by atoms with Gasteiger partial charge in [-0.2, -0.15) is 0 Å². The molecule has 2 unspecified atom stereocenters. The molecular weight excluding hydrogens is 222 g/mol. The predicted molar refractivity (Wildman–Crippen MR) is 76.9 cm³/mol. The Balaban J connectivity index is 1.59. The molecule has 0 saturated heterocycles. The van der Waals surface area contributed by atoms with Gasteiger partial charge < -0.3 is 10.1 Å². The average Bonchev–Trinajstić information content (AvgIpc) is 2.85. The summed E-state index contributed by atoms with van der Waals surface area (Å²) in [5.74, 6) is 0.875. The first-order chi connectivity index (χ1) is 8.90. The van der Waals surface area contributed by atoms with Crippen LogP contribution >= 0.6 is 0 Å². The summed E-state index contributed by atoms with van der Waals surface area (Å²) in [7, 11) is 0. The van der Waals surface area contributed by atoms with Crippen molar-refractivity contribution in [3.05, 3.63) is 0 Å². The lowest BCUT2D eigenvalue weighted by atomic mass is 9.97. The Morgan fingerprint density at radius 1 is 1.00 bits per heavy atom. The van der Waals surface area contributed by atoms with Gasteiger partial charge in [0.15, 0.2) is 0 Å². The first-order valence-electron chi connectivity index (χ1n) is 8.25. The smallest absolute Gasteiger partial charge is 0.0575 e. The average molecular weight is 253 g/mol. The van der Waals surface area contributed by atoms with E-state index in [4.69, 9.17) is 4.74 Å². The van der Waals surface area contributed by atoms with E-state index >= 15 is 0 Å². The Morgan fingerprint density at radius 2 is 1.83 bits per heavy atom. The largest absolute Gasteiger partial charge is 0.378 e. The van der Waals surface area contributed by atoms with Gasteiger partial charge in [0.1, 0.15) is 0 Å². The first-order valence-corrected chi connectivity index (χ1v) is 8.25. The molecule has 106 valence electrons. The van der Waals surface area contributed by atoms with E-state index in [1.54, 1.807) is 0 Å². The highest BCUT2D eigenvalue weighted by Crippen LogP contribution is 2.29. The van der Waals surface area contributed by atoms with E-state index in [0.717, 1.165) is 18.6 Å². The highest BCUT2D eigenvalue weighted by molar-refractivity contribution is 4.83. The maximum absolute atomic E-state index is 6.07. The predicted octanol–water partition coefficient (Wildman–Crippen LogP) is 3.89. The van der Waals surface area contributed by atoms with Crippen LogP contribution in [0.5, 0.6) is 0 Å². The molecule has 2 fully saturated rings. The lowest BCUT2D eigenvalue weighted by Gasteiger charge is -2.24. The molecule has 2 rings (SSSR count). The Labute approximate surface area is 113 Å². The van der Waals surface area contributed by atoms with Crippen molar-refractivity contribution < 1.29 is 4.74 Å². The minimum Gasteiger partial charge on any atom is -0.378 e. The summed E-state index contributed by atoms with van der Waals surface area (Å²) in [5.41, 5.74) is 0. The third-order valence-corrected chi connectivity index (χ3v) is 4.71. The molecule has 2 nitrogen and oxygen atoms in total. The van der Waals surface area contributed by atoms with E-state index in [1.807, 2.05) is 0 Å². The Kier molecular flexibility index (Phi) is 6.50. The molecule has 0 aromatic carbocycles. The lowest BCUT2D eigenvalue weighted by Crippen LogP contribution is -2.33. The maximum Gasteiger partial charge on any atom is 0.0575 e. The third kappa shape index (κ3) is 4.55. The number of nitrogens with one attached hydrogen (secondary N) is 1. The summed E-state index contributed by atoms with van der Waals surface area (Å²) in [6, 6.07) is 0.778. The van der Waals surface area contributed by atoms with Crippen LogP contribution in [0.1, 0.15) is 71.1 Å². The molecule has 18 heavy (non-hydrogen) atoms. The van der Waals surface area contributed by atoms with Gasteiger partial charge in [-0.05, 0) is 51.0 Å². The van der Waals surface area contributed by atoms with Crippen LogP contribution in [0.15, 0.2) is 0 Å². The molecule has 2 aliphatic carbocycles. The number of hydrogen-bond acceptors (Lipinski definition) is 2. The highest BCUT2D eigenvalue weighted by atomic mass is 16.5. The number of ether oxygens (including phenoxy) is 1. The van der Waals surface area contributed by atoms with Gasteiger partial charge in [-0.25, -0.2) is 0 Å². The molecule has 0 bridgehead atoms. The Morgan fingerprint density at radius 3 is 2.61 bits per heavy atom. The second-order valence-electron chi connectivity index (χ2n) is 6.17. The molecule has 0 radical (unpaired) electrons. The molecular formula is C16H31NO. The minimum absolute atomic E-state index is 0.585. The van der Waals surface area contributed by atoms with Gasteiger partial charge in [0, 0.05) is 12.6 Å². The van der Waals surface area contributed by atoms with Crippen molar-refractivity contribution in [2.45, 2.75) is 83.3 Å². The molecule has 0 aromatic heterocycles. The fourth-order valence-corrected chi connectivity index (χ4v) is 3.60. The van der Waals surface area contributed by atoms with Crippen LogP contribution < -0.4 is 5.32 Å². The van der Waals surface area contributed by atoms with Gasteiger partial charge >= 0.3 is 0 Å². The molecule has 1 N–H and O–H groups in total. The highest BCUT2D eigenvalue weighted by Gasteiger charge is 2.26. The zero-order valence-corrected chi connectivity index (χ0v) is 12.1. The van der Waals surface area contributed by atoms with Crippen molar-refractivity contribution in [1.29, 1.82) is 0 Å². The van der Waals surface area contributed by atoms with Crippen molar-refractivity contribution in [1.82, 2.24) is 5.32 Å². The van der Waals surface area contributed by atoms with Gasteiger partial charge in [-0.3, -0.25) is 0 Å². The normalized spacial score (nSPS) is 29.8. The molecule has 0 spiro atoms. The number of hydrogen-bond donors (Lipinski definition) is 1. The van der Waals surface area contributed by atoms with Crippen LogP contribution in [0.25, 0.3) is 0 Å². The van der Waals surface area contributed by atoms with Crippen molar-refractivity contribution in [2.75, 3.05) is 13.2 Å². The van der Waals surface area contributed by atoms with Crippen molar-refractivity contribution >= 4 is 0 Å². The van der Waals surface area contributed by atoms with Crippen molar-refractivity contribution in [3.63, 3.8) is 0 Å². The first kappa shape index (κ1) is 14.3. The molecule has 0 aliphatic heterocycles. The molecule has 2 saturated carbocycles. The van der Waals surface area contributed by atoms with Crippen LogP contribution in [0, 0.1) is 5.92 Å². The Bertz CT molecular complexity index is 213. The van der Waals surface area contributed by atoms with Gasteiger partial charge in [-0.15, -0.1) is 0 Å². The molecule has 0 heterocycles. The molecule has 2 heteroatoms. The second-order valence-corrected chi connectivity index (χ2v) is 6.17. The van der Waals surface area contributed by atoms with Gasteiger partial charge in [0.05, 0.1) is 6.10 Å². The molecule has 0 amide bonds. The van der Waals surface area contributed by atoms with Crippen LogP contribution in [-0.2, 0) is 4.74 Å². The van der Waals surface area contributed by atoms with Crippen molar-refractivity contribution in [2.24, 2.45) is 5.92 Å². The van der Waals surface area contributed by atoms with Gasteiger partial charge in [0.2, 0.25) is 0 Å². The quantitative estimate of drug-likeness (QED) is 0.743. The topological polar surface area (TPSA) is 21.3 Å². The van der Waals surface area contributed by atoms with E-state index in [0.29, 0.717) is 6.10 Å². The molecule has 2 aliphatic rings. The van der Waals surface area contributed by atoms with Crippen LogP contribution in [0.3, 0.4) is 0 Å². The third-order valence-electron chi connectivity index (χ3n) is 4.71. The number of rotatable bonds is 7. The maximum atomic E-state index is 6.07. The monoisotopic (exact) mass is 253 g/mol. The van der Waals surface area contributed by atoms with Gasteiger partial charge in [-0.1, -0.05) is 32.6 Å². The van der Waals surface area contributed by atoms with E-state index < -0.39 is 0 Å². The lowest BCUT2D eigenvalue weighted by molar-refractivity contribution is 0.0202. The summed E-state index contributed by atoms with van der Waals surface area (Å²) in [6.45, 7) is 4.44. The zero-order valence-electron chi connectivity index (χ0n) is 12.1. The standard InChI is InChI=1S/C16H31NO/c1-2-12-17-16-10-6-7-14(16)11-13-18-15-8-4-3-5-9-15/h14-17H,2-13H2,1H3.